The lowest BCUT2D eigenvalue weighted by molar-refractivity contribution is 0.402. The summed E-state index contributed by atoms with van der Waals surface area (Å²) in [6.07, 6.45) is 0. The largest absolute Gasteiger partial charge is 0.305 e. The van der Waals surface area contributed by atoms with E-state index in [9.17, 15) is 0 Å². The third-order valence-electron chi connectivity index (χ3n) is 2.78. The Morgan fingerprint density at radius 3 is 2.18 bits per heavy atom. The van der Waals surface area contributed by atoms with Gasteiger partial charge in [0.2, 0.25) is 0 Å². The summed E-state index contributed by atoms with van der Waals surface area (Å²) in [6, 6.07) is 17.4. The highest BCUT2D eigenvalue weighted by Gasteiger charge is 2.00. The second kappa shape index (κ2) is 5.15. The fourth-order valence-corrected chi connectivity index (χ4v) is 2.04. The Balaban J connectivity index is 2.33. The maximum absolute atomic E-state index is 2.27. The molecule has 0 N–H and O–H groups in total. The zero-order valence-electron chi connectivity index (χ0n) is 10.8. The lowest BCUT2D eigenvalue weighted by atomic mass is 10.0. The van der Waals surface area contributed by atoms with Gasteiger partial charge in [-0.15, -0.1) is 0 Å². The van der Waals surface area contributed by atoms with Gasteiger partial charge in [0.05, 0.1) is 0 Å². The van der Waals surface area contributed by atoms with E-state index in [0.717, 1.165) is 6.54 Å². The van der Waals surface area contributed by atoms with Crippen LogP contribution in [0.25, 0.3) is 11.1 Å². The molecule has 2 aromatic carbocycles. The topological polar surface area (TPSA) is 3.24 Å². The van der Waals surface area contributed by atoms with Gasteiger partial charge in [0, 0.05) is 6.54 Å². The van der Waals surface area contributed by atoms with Crippen LogP contribution in [-0.4, -0.2) is 19.0 Å². The van der Waals surface area contributed by atoms with Crippen LogP contribution in [0.1, 0.15) is 11.1 Å². The number of aryl methyl sites for hydroxylation is 1. The molecule has 0 heterocycles. The molecule has 1 heteroatoms. The van der Waals surface area contributed by atoms with Gasteiger partial charge in [-0.3, -0.25) is 0 Å². The predicted octanol–water partition coefficient (Wildman–Crippen LogP) is 3.72. The first-order chi connectivity index (χ1) is 8.15. The highest BCUT2D eigenvalue weighted by atomic mass is 15.0. The molecule has 0 aliphatic carbocycles. The van der Waals surface area contributed by atoms with E-state index in [1.165, 1.54) is 22.3 Å². The SMILES string of the molecule is Cc1cccc(-c2cccc(CN(C)C)c2)c1. The molecule has 0 aromatic heterocycles. The number of rotatable bonds is 3. The molecule has 1 nitrogen and oxygen atoms in total. The molecule has 0 aliphatic rings. The van der Waals surface area contributed by atoms with Crippen molar-refractivity contribution in [1.29, 1.82) is 0 Å². The third kappa shape index (κ3) is 3.18. The first-order valence-corrected chi connectivity index (χ1v) is 5.96. The van der Waals surface area contributed by atoms with Gasteiger partial charge < -0.3 is 4.90 Å². The zero-order valence-corrected chi connectivity index (χ0v) is 10.8. The van der Waals surface area contributed by atoms with Crippen molar-refractivity contribution in [2.45, 2.75) is 13.5 Å². The first kappa shape index (κ1) is 11.9. The lowest BCUT2D eigenvalue weighted by Gasteiger charge is -2.11. The molecule has 0 amide bonds. The molecule has 0 saturated carbocycles. The Morgan fingerprint density at radius 2 is 1.53 bits per heavy atom. The van der Waals surface area contributed by atoms with Crippen LogP contribution in [-0.2, 0) is 6.54 Å². The average molecular weight is 225 g/mol. The van der Waals surface area contributed by atoms with Gasteiger partial charge in [-0.2, -0.15) is 0 Å². The highest BCUT2D eigenvalue weighted by Crippen LogP contribution is 2.21. The lowest BCUT2D eigenvalue weighted by Crippen LogP contribution is -2.10. The molecule has 0 radical (unpaired) electrons. The van der Waals surface area contributed by atoms with Crippen molar-refractivity contribution in [3.8, 4) is 11.1 Å². The molecule has 0 spiro atoms. The molecule has 2 rings (SSSR count). The molecule has 0 atom stereocenters. The minimum atomic E-state index is 0.986. The average Bonchev–Trinajstić information content (AvgIpc) is 2.28. The quantitative estimate of drug-likeness (QED) is 0.769. The van der Waals surface area contributed by atoms with Gasteiger partial charge in [-0.05, 0) is 43.8 Å². The Hall–Kier alpha value is -1.60. The van der Waals surface area contributed by atoms with Crippen LogP contribution in [0.5, 0.6) is 0 Å². The number of benzene rings is 2. The standard InChI is InChI=1S/C16H19N/c1-13-6-4-8-15(10-13)16-9-5-7-14(11-16)12-17(2)3/h4-11H,12H2,1-3H3. The summed E-state index contributed by atoms with van der Waals surface area (Å²) in [6.45, 7) is 3.12. The van der Waals surface area contributed by atoms with Gasteiger partial charge in [0.25, 0.3) is 0 Å². The zero-order chi connectivity index (χ0) is 12.3. The monoisotopic (exact) mass is 225 g/mol. The second-order valence-electron chi connectivity index (χ2n) is 4.81. The molecule has 2 aromatic rings. The van der Waals surface area contributed by atoms with Gasteiger partial charge in [-0.25, -0.2) is 0 Å². The van der Waals surface area contributed by atoms with Crippen molar-refractivity contribution in [2.75, 3.05) is 14.1 Å². The summed E-state index contributed by atoms with van der Waals surface area (Å²) >= 11 is 0. The summed E-state index contributed by atoms with van der Waals surface area (Å²) in [5, 5.41) is 0. The van der Waals surface area contributed by atoms with Crippen LogP contribution in [0.3, 0.4) is 0 Å². The normalized spacial score (nSPS) is 10.8. The van der Waals surface area contributed by atoms with Crippen molar-refractivity contribution < 1.29 is 0 Å². The Kier molecular flexibility index (Phi) is 3.60. The van der Waals surface area contributed by atoms with E-state index < -0.39 is 0 Å². The van der Waals surface area contributed by atoms with Crippen LogP contribution in [0, 0.1) is 6.92 Å². The number of hydrogen-bond donors (Lipinski definition) is 0. The van der Waals surface area contributed by atoms with Crippen LogP contribution < -0.4 is 0 Å². The summed E-state index contributed by atoms with van der Waals surface area (Å²) in [4.78, 5) is 2.19. The van der Waals surface area contributed by atoms with E-state index in [4.69, 9.17) is 0 Å². The van der Waals surface area contributed by atoms with Gasteiger partial charge in [0.15, 0.2) is 0 Å². The number of nitrogens with zero attached hydrogens (tertiary/aromatic N) is 1. The van der Waals surface area contributed by atoms with E-state index >= 15 is 0 Å². The first-order valence-electron chi connectivity index (χ1n) is 5.96. The van der Waals surface area contributed by atoms with Crippen LogP contribution >= 0.6 is 0 Å². The fourth-order valence-electron chi connectivity index (χ4n) is 2.04. The summed E-state index contributed by atoms with van der Waals surface area (Å²) in [5.74, 6) is 0. The Morgan fingerprint density at radius 1 is 0.882 bits per heavy atom. The highest BCUT2D eigenvalue weighted by molar-refractivity contribution is 5.64. The van der Waals surface area contributed by atoms with Crippen LogP contribution in [0.4, 0.5) is 0 Å². The van der Waals surface area contributed by atoms with Gasteiger partial charge >= 0.3 is 0 Å². The van der Waals surface area contributed by atoms with E-state index in [2.05, 4.69) is 74.4 Å². The van der Waals surface area contributed by atoms with E-state index in [-0.39, 0.29) is 0 Å². The Labute approximate surface area is 104 Å². The van der Waals surface area contributed by atoms with Gasteiger partial charge in [0.1, 0.15) is 0 Å². The fraction of sp³-hybridized carbons (Fsp3) is 0.250. The van der Waals surface area contributed by atoms with Crippen molar-refractivity contribution in [1.82, 2.24) is 4.90 Å². The smallest absolute Gasteiger partial charge is 0.0227 e. The van der Waals surface area contributed by atoms with Crippen molar-refractivity contribution in [3.05, 3.63) is 59.7 Å². The summed E-state index contributed by atoms with van der Waals surface area (Å²) < 4.78 is 0. The summed E-state index contributed by atoms with van der Waals surface area (Å²) in [5.41, 5.74) is 5.26. The Bertz CT molecular complexity index is 500. The molecule has 88 valence electrons. The molecule has 0 fully saturated rings. The minimum absolute atomic E-state index is 0.986. The van der Waals surface area contributed by atoms with Crippen LogP contribution in [0.2, 0.25) is 0 Å². The number of hydrogen-bond acceptors (Lipinski definition) is 1. The molecular weight excluding hydrogens is 206 g/mol. The molecule has 0 aliphatic heterocycles. The second-order valence-corrected chi connectivity index (χ2v) is 4.81. The maximum atomic E-state index is 2.27. The minimum Gasteiger partial charge on any atom is -0.305 e. The van der Waals surface area contributed by atoms with Crippen molar-refractivity contribution in [2.24, 2.45) is 0 Å². The van der Waals surface area contributed by atoms with E-state index in [0.29, 0.717) is 0 Å². The third-order valence-corrected chi connectivity index (χ3v) is 2.78. The van der Waals surface area contributed by atoms with E-state index in [1.54, 1.807) is 0 Å². The molecule has 0 saturated heterocycles. The van der Waals surface area contributed by atoms with Crippen LogP contribution in [0.15, 0.2) is 48.5 Å². The summed E-state index contributed by atoms with van der Waals surface area (Å²) in [7, 11) is 4.19. The molecule has 0 bridgehead atoms. The van der Waals surface area contributed by atoms with E-state index in [1.807, 2.05) is 0 Å². The van der Waals surface area contributed by atoms with Crippen molar-refractivity contribution >= 4 is 0 Å². The predicted molar refractivity (Wildman–Crippen MR) is 74.0 cm³/mol. The molecular formula is C16H19N. The van der Waals surface area contributed by atoms with Crippen molar-refractivity contribution in [3.63, 3.8) is 0 Å². The molecule has 0 unspecified atom stereocenters. The maximum Gasteiger partial charge on any atom is 0.0227 e. The van der Waals surface area contributed by atoms with Gasteiger partial charge in [-0.1, -0.05) is 48.0 Å². The molecule has 17 heavy (non-hydrogen) atoms.